The van der Waals surface area contributed by atoms with E-state index in [0.717, 1.165) is 41.7 Å². The van der Waals surface area contributed by atoms with E-state index in [-0.39, 0.29) is 17.9 Å². The van der Waals surface area contributed by atoms with Gasteiger partial charge in [-0.2, -0.15) is 5.10 Å². The molecule has 0 aliphatic carbocycles. The molecule has 2 unspecified atom stereocenters. The van der Waals surface area contributed by atoms with Gasteiger partial charge in [0.1, 0.15) is 5.71 Å². The summed E-state index contributed by atoms with van der Waals surface area (Å²) in [5.41, 5.74) is 5.37. The molecule has 2 aromatic rings. The highest BCUT2D eigenvalue weighted by atomic mass is 79.9. The van der Waals surface area contributed by atoms with Crippen LogP contribution in [-0.4, -0.2) is 29.7 Å². The molecule has 2 aliphatic rings. The molecular formula is C23H25BrCl2N4O. The van der Waals surface area contributed by atoms with Gasteiger partial charge in [0.15, 0.2) is 0 Å². The second-order valence-electron chi connectivity index (χ2n) is 8.05. The second kappa shape index (κ2) is 9.90. The van der Waals surface area contributed by atoms with Crippen molar-refractivity contribution in [1.29, 1.82) is 0 Å². The van der Waals surface area contributed by atoms with Gasteiger partial charge in [0.2, 0.25) is 0 Å². The minimum Gasteiger partial charge on any atom is -0.284 e. The van der Waals surface area contributed by atoms with Crippen molar-refractivity contribution in [3.05, 3.63) is 62.5 Å². The largest absolute Gasteiger partial charge is 0.284 e. The van der Waals surface area contributed by atoms with E-state index in [4.69, 9.17) is 28.3 Å². The highest BCUT2D eigenvalue weighted by Gasteiger charge is 2.40. The number of hydrogen-bond acceptors (Lipinski definition) is 4. The average molecular weight is 524 g/mol. The standard InChI is InChI=1S/C23H25BrCl2N4O/c1-15-21(23(31)28-29-12-4-2-3-5-13-29)27-30(20-11-10-18(25)14-19(20)26)22(15)16-6-8-17(24)9-7-16/h6-11,14-15,22H,2-5,12-13H2,1H3,(H,28,31). The summed E-state index contributed by atoms with van der Waals surface area (Å²) in [7, 11) is 0. The van der Waals surface area contributed by atoms with Crippen LogP contribution in [0.2, 0.25) is 10.0 Å². The van der Waals surface area contributed by atoms with Crippen molar-refractivity contribution in [3.63, 3.8) is 0 Å². The number of nitrogens with zero attached hydrogens (tertiary/aromatic N) is 3. The minimum atomic E-state index is -0.156. The molecule has 1 N–H and O–H groups in total. The average Bonchev–Trinajstić information content (AvgIpc) is 2.89. The first-order valence-corrected chi connectivity index (χ1v) is 12.1. The number of nitrogens with one attached hydrogen (secondary N) is 1. The van der Waals surface area contributed by atoms with Gasteiger partial charge < -0.3 is 0 Å². The van der Waals surface area contributed by atoms with Gasteiger partial charge in [-0.1, -0.05) is 71.0 Å². The highest BCUT2D eigenvalue weighted by Crippen LogP contribution is 2.42. The van der Waals surface area contributed by atoms with Crippen LogP contribution >= 0.6 is 39.1 Å². The molecule has 8 heteroatoms. The smallest absolute Gasteiger partial charge is 0.282 e. The molecule has 31 heavy (non-hydrogen) atoms. The molecule has 2 atom stereocenters. The lowest BCUT2D eigenvalue weighted by molar-refractivity contribution is -0.119. The topological polar surface area (TPSA) is 47.9 Å². The molecule has 0 bridgehead atoms. The van der Waals surface area contributed by atoms with Gasteiger partial charge in [0.05, 0.1) is 16.8 Å². The number of hydrazone groups is 1. The lowest BCUT2D eigenvalue weighted by Gasteiger charge is -2.28. The van der Waals surface area contributed by atoms with Crippen molar-refractivity contribution in [1.82, 2.24) is 10.4 Å². The van der Waals surface area contributed by atoms with Crippen molar-refractivity contribution in [2.75, 3.05) is 18.1 Å². The summed E-state index contributed by atoms with van der Waals surface area (Å²) in [5.74, 6) is -0.274. The van der Waals surface area contributed by atoms with E-state index >= 15 is 0 Å². The summed E-state index contributed by atoms with van der Waals surface area (Å²) in [5, 5.41) is 9.71. The Morgan fingerprint density at radius 1 is 1.06 bits per heavy atom. The molecule has 2 aliphatic heterocycles. The van der Waals surface area contributed by atoms with E-state index in [9.17, 15) is 4.79 Å². The van der Waals surface area contributed by atoms with Crippen LogP contribution in [0.4, 0.5) is 5.69 Å². The van der Waals surface area contributed by atoms with Crippen molar-refractivity contribution < 1.29 is 4.79 Å². The molecule has 164 valence electrons. The van der Waals surface area contributed by atoms with E-state index in [1.807, 2.05) is 47.3 Å². The van der Waals surface area contributed by atoms with Crippen LogP contribution in [0, 0.1) is 5.92 Å². The van der Waals surface area contributed by atoms with Gasteiger partial charge >= 0.3 is 0 Å². The predicted molar refractivity (Wildman–Crippen MR) is 131 cm³/mol. The van der Waals surface area contributed by atoms with E-state index in [0.29, 0.717) is 15.8 Å². The molecule has 2 aromatic carbocycles. The number of halogens is 3. The Morgan fingerprint density at radius 3 is 2.39 bits per heavy atom. The zero-order valence-electron chi connectivity index (χ0n) is 17.3. The summed E-state index contributed by atoms with van der Waals surface area (Å²) in [6.45, 7) is 3.78. The number of benzene rings is 2. The first-order valence-electron chi connectivity index (χ1n) is 10.6. The Morgan fingerprint density at radius 2 is 1.74 bits per heavy atom. The Balaban J connectivity index is 1.66. The fourth-order valence-electron chi connectivity index (χ4n) is 4.23. The number of carbonyl (C=O) groups excluding carboxylic acids is 1. The highest BCUT2D eigenvalue weighted by molar-refractivity contribution is 9.10. The van der Waals surface area contributed by atoms with Crippen molar-refractivity contribution in [3.8, 4) is 0 Å². The lowest BCUT2D eigenvalue weighted by atomic mass is 9.91. The van der Waals surface area contributed by atoms with Crippen molar-refractivity contribution >= 4 is 56.4 Å². The Bertz CT molecular complexity index is 974. The Hall–Kier alpha value is -1.60. The fraction of sp³-hybridized carbons (Fsp3) is 0.391. The molecule has 0 aromatic heterocycles. The predicted octanol–water partition coefficient (Wildman–Crippen LogP) is 6.22. The van der Waals surface area contributed by atoms with Crippen LogP contribution in [0.5, 0.6) is 0 Å². The Labute approximate surface area is 201 Å². The lowest BCUT2D eigenvalue weighted by Crippen LogP contribution is -2.46. The first-order chi connectivity index (χ1) is 14.9. The SMILES string of the molecule is CC1C(C(=O)NN2CCCCCC2)=NN(c2ccc(Cl)cc2Cl)C1c1ccc(Br)cc1. The molecule has 1 saturated heterocycles. The van der Waals surface area contributed by atoms with E-state index in [1.54, 1.807) is 12.1 Å². The summed E-state index contributed by atoms with van der Waals surface area (Å²) in [6.07, 6.45) is 4.60. The van der Waals surface area contributed by atoms with E-state index in [2.05, 4.69) is 21.4 Å². The molecule has 5 nitrogen and oxygen atoms in total. The number of hydrogen-bond donors (Lipinski definition) is 1. The minimum absolute atomic E-state index is 0.125. The second-order valence-corrected chi connectivity index (χ2v) is 9.81. The molecule has 2 heterocycles. The zero-order chi connectivity index (χ0) is 22.0. The third-order valence-corrected chi connectivity index (χ3v) is 6.92. The summed E-state index contributed by atoms with van der Waals surface area (Å²) in [6, 6.07) is 13.3. The maximum atomic E-state index is 13.2. The third kappa shape index (κ3) is 5.08. The number of hydrazine groups is 1. The van der Waals surface area contributed by atoms with E-state index in [1.165, 1.54) is 12.8 Å². The number of amides is 1. The maximum Gasteiger partial charge on any atom is 0.282 e. The molecular weight excluding hydrogens is 499 g/mol. The summed E-state index contributed by atoms with van der Waals surface area (Å²) in [4.78, 5) is 13.2. The van der Waals surface area contributed by atoms with Crippen LogP contribution in [-0.2, 0) is 4.79 Å². The fourth-order valence-corrected chi connectivity index (χ4v) is 4.99. The number of anilines is 1. The first kappa shape index (κ1) is 22.6. The summed E-state index contributed by atoms with van der Waals surface area (Å²) >= 11 is 16.1. The summed E-state index contributed by atoms with van der Waals surface area (Å²) < 4.78 is 0.998. The van der Waals surface area contributed by atoms with Gasteiger partial charge in [-0.05, 0) is 48.7 Å². The number of carbonyl (C=O) groups is 1. The van der Waals surface area contributed by atoms with Crippen molar-refractivity contribution in [2.24, 2.45) is 11.0 Å². The zero-order valence-corrected chi connectivity index (χ0v) is 20.4. The number of rotatable bonds is 4. The third-order valence-electron chi connectivity index (χ3n) is 5.85. The van der Waals surface area contributed by atoms with Crippen LogP contribution in [0.3, 0.4) is 0 Å². The molecule has 0 radical (unpaired) electrons. The molecule has 4 rings (SSSR count). The van der Waals surface area contributed by atoms with Crippen molar-refractivity contribution in [2.45, 2.75) is 38.6 Å². The van der Waals surface area contributed by atoms with Gasteiger partial charge in [-0.3, -0.25) is 15.2 Å². The van der Waals surface area contributed by atoms with Gasteiger partial charge in [0.25, 0.3) is 5.91 Å². The molecule has 1 fully saturated rings. The molecule has 0 spiro atoms. The maximum absolute atomic E-state index is 13.2. The van der Waals surface area contributed by atoms with Crippen LogP contribution < -0.4 is 10.4 Å². The normalized spacial score (nSPS) is 22.2. The van der Waals surface area contributed by atoms with Gasteiger partial charge in [-0.25, -0.2) is 5.01 Å². The van der Waals surface area contributed by atoms with Crippen LogP contribution in [0.1, 0.15) is 44.2 Å². The monoisotopic (exact) mass is 522 g/mol. The van der Waals surface area contributed by atoms with Crippen LogP contribution in [0.15, 0.2) is 52.0 Å². The molecule has 1 amide bonds. The Kier molecular flexibility index (Phi) is 7.22. The van der Waals surface area contributed by atoms with Crippen LogP contribution in [0.25, 0.3) is 0 Å². The van der Waals surface area contributed by atoms with Gasteiger partial charge in [0, 0.05) is 28.5 Å². The van der Waals surface area contributed by atoms with Gasteiger partial charge in [-0.15, -0.1) is 0 Å². The quantitative estimate of drug-likeness (QED) is 0.517. The molecule has 0 saturated carbocycles. The van der Waals surface area contributed by atoms with E-state index < -0.39 is 0 Å².